The van der Waals surface area contributed by atoms with Crippen LogP contribution in [-0.2, 0) is 14.3 Å². The van der Waals surface area contributed by atoms with Crippen LogP contribution in [0.25, 0.3) is 0 Å². The van der Waals surface area contributed by atoms with E-state index < -0.39 is 11.0 Å². The lowest BCUT2D eigenvalue weighted by Crippen LogP contribution is -2.53. The van der Waals surface area contributed by atoms with Crippen LogP contribution in [0.2, 0.25) is 0 Å². The molecule has 4 aliphatic carbocycles. The largest absolute Gasteiger partial charge is 0.469 e. The molecule has 1 N–H and O–H groups in total. The van der Waals surface area contributed by atoms with Crippen LogP contribution < -0.4 is 0 Å². The van der Waals surface area contributed by atoms with Gasteiger partial charge < -0.3 is 9.84 Å². The van der Waals surface area contributed by atoms with Gasteiger partial charge in [0.25, 0.3) is 0 Å². The van der Waals surface area contributed by atoms with Gasteiger partial charge in [0.05, 0.1) is 13.0 Å². The van der Waals surface area contributed by atoms with Crippen molar-refractivity contribution in [3.8, 4) is 12.3 Å². The first-order valence-electron chi connectivity index (χ1n) is 9.92. The molecule has 4 nitrogen and oxygen atoms in total. The predicted octanol–water partition coefficient (Wildman–Crippen LogP) is 3.20. The summed E-state index contributed by atoms with van der Waals surface area (Å²) in [7, 11) is 1.42. The Kier molecular flexibility index (Phi) is 3.99. The lowest BCUT2D eigenvalue weighted by Gasteiger charge is -2.56. The van der Waals surface area contributed by atoms with Gasteiger partial charge in [-0.1, -0.05) is 37.0 Å². The number of terminal acetylenes is 1. The first-order chi connectivity index (χ1) is 12.7. The zero-order valence-corrected chi connectivity index (χ0v) is 16.4. The number of hydrogen-bond donors (Lipinski definition) is 1. The number of carbonyl (C=O) groups excluding carboxylic acids is 2. The molecule has 0 radical (unpaired) electrons. The van der Waals surface area contributed by atoms with Gasteiger partial charge in [-0.3, -0.25) is 9.59 Å². The molecule has 2 unspecified atom stereocenters. The van der Waals surface area contributed by atoms with Crippen molar-refractivity contribution in [1.29, 1.82) is 0 Å². The van der Waals surface area contributed by atoms with Crippen LogP contribution in [0.4, 0.5) is 0 Å². The Labute approximate surface area is 161 Å². The summed E-state index contributed by atoms with van der Waals surface area (Å²) >= 11 is 0. The quantitative estimate of drug-likeness (QED) is 0.439. The second-order valence-electron chi connectivity index (χ2n) is 9.26. The van der Waals surface area contributed by atoms with Crippen LogP contribution in [0.3, 0.4) is 0 Å². The molecule has 0 spiro atoms. The zero-order chi connectivity index (χ0) is 19.6. The summed E-state index contributed by atoms with van der Waals surface area (Å²) in [4.78, 5) is 24.8. The average Bonchev–Trinajstić information content (AvgIpc) is 2.93. The number of ether oxygens (including phenoxy) is 1. The van der Waals surface area contributed by atoms with Crippen LogP contribution in [0.1, 0.15) is 52.4 Å². The van der Waals surface area contributed by atoms with Crippen molar-refractivity contribution in [2.45, 2.75) is 58.0 Å². The van der Waals surface area contributed by atoms with Gasteiger partial charge in [0.15, 0.2) is 5.78 Å². The topological polar surface area (TPSA) is 63.6 Å². The Morgan fingerprint density at radius 3 is 2.78 bits per heavy atom. The summed E-state index contributed by atoms with van der Waals surface area (Å²) < 4.78 is 5.16. The van der Waals surface area contributed by atoms with E-state index in [2.05, 4.69) is 25.8 Å². The summed E-state index contributed by atoms with van der Waals surface area (Å²) in [5.74, 6) is 2.40. The highest BCUT2D eigenvalue weighted by atomic mass is 16.5. The number of rotatable bonds is 1. The number of methoxy groups -OCH3 is 1. The van der Waals surface area contributed by atoms with Crippen LogP contribution in [0, 0.1) is 40.9 Å². The summed E-state index contributed by atoms with van der Waals surface area (Å²) in [6.45, 7) is 4.28. The smallest absolute Gasteiger partial charge is 0.309 e. The van der Waals surface area contributed by atoms with E-state index in [-0.39, 0.29) is 34.9 Å². The molecule has 4 aliphatic rings. The minimum Gasteiger partial charge on any atom is -0.469 e. The number of allylic oxidation sites excluding steroid dienone is 4. The second-order valence-corrected chi connectivity index (χ2v) is 9.26. The second kappa shape index (κ2) is 5.82. The van der Waals surface area contributed by atoms with Crippen LogP contribution in [-0.4, -0.2) is 29.6 Å². The standard InChI is InChI=1S/C23H28O4/c1-5-23(26)11-8-18-19-16(20(25)27-4)13-14-12-15(24)6-9-21(14,2)17(19)7-10-22(18,23)3/h1,7,12,16,18-19,26H,6,8-11,13H2,2-4H3/t16-,18?,19-,21+,22+,23?/m1/s1. The van der Waals surface area contributed by atoms with Gasteiger partial charge in [0.1, 0.15) is 5.60 Å². The highest BCUT2D eigenvalue weighted by Crippen LogP contribution is 2.66. The normalized spacial score (nSPS) is 45.6. The maximum absolute atomic E-state index is 12.7. The third-order valence-electron chi connectivity index (χ3n) is 8.29. The molecule has 144 valence electrons. The molecule has 0 bridgehead atoms. The fourth-order valence-electron chi connectivity index (χ4n) is 6.49. The molecule has 4 heteroatoms. The minimum atomic E-state index is -1.14. The Hall–Kier alpha value is -1.86. The molecule has 4 rings (SSSR count). The van der Waals surface area contributed by atoms with Crippen LogP contribution >= 0.6 is 0 Å². The highest BCUT2D eigenvalue weighted by Gasteiger charge is 2.64. The Morgan fingerprint density at radius 1 is 1.37 bits per heavy atom. The van der Waals surface area contributed by atoms with Crippen LogP contribution in [0.15, 0.2) is 23.3 Å². The van der Waals surface area contributed by atoms with Gasteiger partial charge in [-0.25, -0.2) is 0 Å². The minimum absolute atomic E-state index is 0.00827. The van der Waals surface area contributed by atoms with Gasteiger partial charge in [0, 0.05) is 17.3 Å². The average molecular weight is 368 g/mol. The molecule has 0 aromatic carbocycles. The van der Waals surface area contributed by atoms with E-state index >= 15 is 0 Å². The molecular weight excluding hydrogens is 340 g/mol. The van der Waals surface area contributed by atoms with E-state index in [0.29, 0.717) is 25.7 Å². The number of carbonyl (C=O) groups is 2. The zero-order valence-electron chi connectivity index (χ0n) is 16.4. The maximum Gasteiger partial charge on any atom is 0.309 e. The van der Waals surface area contributed by atoms with Gasteiger partial charge in [-0.2, -0.15) is 0 Å². The molecule has 2 fully saturated rings. The lowest BCUT2D eigenvalue weighted by atomic mass is 9.48. The van der Waals surface area contributed by atoms with E-state index in [1.165, 1.54) is 12.7 Å². The third-order valence-corrected chi connectivity index (χ3v) is 8.29. The predicted molar refractivity (Wildman–Crippen MR) is 101 cm³/mol. The summed E-state index contributed by atoms with van der Waals surface area (Å²) in [6, 6.07) is 0. The molecule has 0 aromatic rings. The first-order valence-corrected chi connectivity index (χ1v) is 9.92. The molecule has 6 atom stereocenters. The summed E-state index contributed by atoms with van der Waals surface area (Å²) in [5, 5.41) is 11.1. The van der Waals surface area contributed by atoms with E-state index in [1.54, 1.807) is 6.08 Å². The van der Waals surface area contributed by atoms with Crippen molar-refractivity contribution < 1.29 is 19.4 Å². The molecule has 27 heavy (non-hydrogen) atoms. The molecule has 0 heterocycles. The molecule has 0 aromatic heterocycles. The Bertz CT molecular complexity index is 815. The maximum atomic E-state index is 12.7. The third kappa shape index (κ3) is 2.27. The van der Waals surface area contributed by atoms with E-state index in [0.717, 1.165) is 18.4 Å². The van der Waals surface area contributed by atoms with Crippen LogP contribution in [0.5, 0.6) is 0 Å². The van der Waals surface area contributed by atoms with Gasteiger partial charge in [-0.05, 0) is 50.0 Å². The molecule has 0 amide bonds. The van der Waals surface area contributed by atoms with Crippen molar-refractivity contribution in [3.05, 3.63) is 23.3 Å². The fourth-order valence-corrected chi connectivity index (χ4v) is 6.49. The molecule has 2 saturated carbocycles. The first kappa shape index (κ1) is 18.5. The Morgan fingerprint density at radius 2 is 2.11 bits per heavy atom. The van der Waals surface area contributed by atoms with E-state index in [1.807, 2.05) is 0 Å². The van der Waals surface area contributed by atoms with Gasteiger partial charge >= 0.3 is 5.97 Å². The van der Waals surface area contributed by atoms with Crippen molar-refractivity contribution in [2.24, 2.45) is 28.6 Å². The molecule has 0 aliphatic heterocycles. The number of aliphatic hydroxyl groups is 1. The molecular formula is C23H28O4. The Balaban J connectivity index is 1.87. The van der Waals surface area contributed by atoms with Crippen molar-refractivity contribution in [2.75, 3.05) is 7.11 Å². The van der Waals surface area contributed by atoms with Gasteiger partial charge in [-0.15, -0.1) is 6.42 Å². The monoisotopic (exact) mass is 368 g/mol. The fraction of sp³-hybridized carbons (Fsp3) is 0.652. The number of fused-ring (bicyclic) bond motifs is 5. The number of hydrogen-bond acceptors (Lipinski definition) is 4. The molecule has 0 saturated heterocycles. The summed E-state index contributed by atoms with van der Waals surface area (Å²) in [6.07, 6.45) is 13.7. The lowest BCUT2D eigenvalue weighted by molar-refractivity contribution is -0.150. The van der Waals surface area contributed by atoms with Gasteiger partial charge in [0.2, 0.25) is 0 Å². The van der Waals surface area contributed by atoms with Crippen molar-refractivity contribution >= 4 is 11.8 Å². The number of ketones is 1. The van der Waals surface area contributed by atoms with Crippen molar-refractivity contribution in [3.63, 3.8) is 0 Å². The SMILES string of the molecule is C#CC1(O)CCC2[C@H]3C(=CC[C@@]21C)[C@@]1(C)CCC(=O)C=C1C[C@H]3C(=O)OC. The van der Waals surface area contributed by atoms with Crippen molar-refractivity contribution in [1.82, 2.24) is 0 Å². The van der Waals surface area contributed by atoms with E-state index in [9.17, 15) is 14.7 Å². The summed E-state index contributed by atoms with van der Waals surface area (Å²) in [5.41, 5.74) is 0.558. The highest BCUT2D eigenvalue weighted by molar-refractivity contribution is 5.92. The number of esters is 1. The van der Waals surface area contributed by atoms with E-state index in [4.69, 9.17) is 11.2 Å².